The highest BCUT2D eigenvalue weighted by Gasteiger charge is 2.52. The summed E-state index contributed by atoms with van der Waals surface area (Å²) >= 11 is 0. The van der Waals surface area contributed by atoms with Gasteiger partial charge in [0, 0.05) is 5.41 Å². The fourth-order valence-corrected chi connectivity index (χ4v) is 7.03. The largest absolute Gasteiger partial charge is 0.743 e. The number of carbonyl (C=O) groups is 2. The monoisotopic (exact) mass is 463 g/mol. The molecule has 4 bridgehead atoms. The minimum Gasteiger partial charge on any atom is -0.743 e. The van der Waals surface area contributed by atoms with E-state index in [0.29, 0.717) is 43.6 Å². The minimum atomic E-state index is -5.94. The average molecular weight is 464 g/mol. The third kappa shape index (κ3) is 4.74. The van der Waals surface area contributed by atoms with Crippen LogP contribution in [-0.2, 0) is 29.2 Å². The second kappa shape index (κ2) is 8.24. The molecular formula is C21H29F2O7S-. The van der Waals surface area contributed by atoms with Gasteiger partial charge in [-0.2, -0.15) is 8.78 Å². The SMILES string of the molecule is O=C(OCC12CC3CC(CC(C3)C1)C2)C1CCCCC1C(=O)OCC(F)(F)S(=O)(=O)[O-]. The Morgan fingerprint density at radius 3 is 1.81 bits per heavy atom. The lowest BCUT2D eigenvalue weighted by molar-refractivity contribution is -0.171. The lowest BCUT2D eigenvalue weighted by Crippen LogP contribution is -2.49. The van der Waals surface area contributed by atoms with Gasteiger partial charge >= 0.3 is 17.2 Å². The molecular weight excluding hydrogens is 434 g/mol. The smallest absolute Gasteiger partial charge is 0.367 e. The van der Waals surface area contributed by atoms with Crippen molar-refractivity contribution in [1.82, 2.24) is 0 Å². The van der Waals surface area contributed by atoms with Gasteiger partial charge in [-0.15, -0.1) is 0 Å². The predicted octanol–water partition coefficient (Wildman–Crippen LogP) is 3.23. The van der Waals surface area contributed by atoms with Crippen LogP contribution >= 0.6 is 0 Å². The Hall–Kier alpha value is -1.29. The molecule has 176 valence electrons. The first kappa shape index (κ1) is 22.9. The van der Waals surface area contributed by atoms with Crippen molar-refractivity contribution in [3.05, 3.63) is 0 Å². The van der Waals surface area contributed by atoms with Crippen molar-refractivity contribution < 1.29 is 40.8 Å². The van der Waals surface area contributed by atoms with Gasteiger partial charge in [0.15, 0.2) is 16.7 Å². The molecule has 7 nitrogen and oxygen atoms in total. The molecule has 0 amide bonds. The Labute approximate surface area is 181 Å². The molecule has 0 aromatic heterocycles. The quantitative estimate of drug-likeness (QED) is 0.421. The van der Waals surface area contributed by atoms with Gasteiger partial charge in [0.05, 0.1) is 18.4 Å². The normalized spacial score (nSPS) is 37.5. The summed E-state index contributed by atoms with van der Waals surface area (Å²) in [7, 11) is -5.94. The zero-order valence-electron chi connectivity index (χ0n) is 17.4. The fraction of sp³-hybridized carbons (Fsp3) is 0.905. The van der Waals surface area contributed by atoms with Gasteiger partial charge in [0.1, 0.15) is 0 Å². The molecule has 31 heavy (non-hydrogen) atoms. The van der Waals surface area contributed by atoms with Gasteiger partial charge in [-0.1, -0.05) is 12.8 Å². The van der Waals surface area contributed by atoms with Crippen molar-refractivity contribution in [2.75, 3.05) is 13.2 Å². The van der Waals surface area contributed by atoms with Gasteiger partial charge in [-0.3, -0.25) is 9.59 Å². The topological polar surface area (TPSA) is 110 Å². The molecule has 2 atom stereocenters. The van der Waals surface area contributed by atoms with Crippen LogP contribution < -0.4 is 0 Å². The van der Waals surface area contributed by atoms with Crippen molar-refractivity contribution in [2.45, 2.75) is 69.5 Å². The van der Waals surface area contributed by atoms with Crippen molar-refractivity contribution in [1.29, 1.82) is 0 Å². The molecule has 0 aromatic carbocycles. The van der Waals surface area contributed by atoms with E-state index in [2.05, 4.69) is 4.74 Å². The summed E-state index contributed by atoms with van der Waals surface area (Å²) in [6, 6.07) is 0. The third-order valence-corrected chi connectivity index (χ3v) is 8.65. The predicted molar refractivity (Wildman–Crippen MR) is 103 cm³/mol. The van der Waals surface area contributed by atoms with E-state index in [4.69, 9.17) is 4.74 Å². The summed E-state index contributed by atoms with van der Waals surface area (Å²) in [5, 5.41) is -4.70. The summed E-state index contributed by atoms with van der Waals surface area (Å²) in [4.78, 5) is 25.2. The van der Waals surface area contributed by atoms with E-state index in [1.807, 2.05) is 0 Å². The number of esters is 2. The maximum atomic E-state index is 13.3. The molecule has 0 aliphatic heterocycles. The van der Waals surface area contributed by atoms with Gasteiger partial charge in [0.25, 0.3) is 0 Å². The van der Waals surface area contributed by atoms with Crippen molar-refractivity contribution in [3.8, 4) is 0 Å². The van der Waals surface area contributed by atoms with Crippen LogP contribution in [0.1, 0.15) is 64.2 Å². The van der Waals surface area contributed by atoms with E-state index < -0.39 is 45.8 Å². The first-order valence-electron chi connectivity index (χ1n) is 11.1. The highest BCUT2D eigenvalue weighted by molar-refractivity contribution is 7.86. The van der Waals surface area contributed by atoms with Crippen LogP contribution in [0.2, 0.25) is 0 Å². The third-order valence-electron chi connectivity index (χ3n) is 7.81. The van der Waals surface area contributed by atoms with E-state index in [9.17, 15) is 31.3 Å². The van der Waals surface area contributed by atoms with E-state index in [1.54, 1.807) is 0 Å². The second-order valence-electron chi connectivity index (χ2n) is 10.2. The van der Waals surface area contributed by atoms with Crippen molar-refractivity contribution >= 4 is 22.1 Å². The summed E-state index contributed by atoms with van der Waals surface area (Å²) in [6.45, 7) is -1.51. The number of hydrogen-bond donors (Lipinski definition) is 0. The van der Waals surface area contributed by atoms with Gasteiger partial charge in [-0.05, 0) is 69.1 Å². The summed E-state index contributed by atoms with van der Waals surface area (Å²) < 4.78 is 68.6. The molecule has 5 aliphatic rings. The average Bonchev–Trinajstić information content (AvgIpc) is 2.68. The zero-order valence-corrected chi connectivity index (χ0v) is 18.2. The van der Waals surface area contributed by atoms with Gasteiger partial charge in [0.2, 0.25) is 0 Å². The first-order chi connectivity index (χ1) is 14.5. The maximum Gasteiger partial charge on any atom is 0.367 e. The Bertz CT molecular complexity index is 790. The molecule has 0 aromatic rings. The molecule has 2 unspecified atom stereocenters. The molecule has 5 rings (SSSR count). The van der Waals surface area contributed by atoms with Crippen LogP contribution in [0.5, 0.6) is 0 Å². The van der Waals surface area contributed by atoms with E-state index in [0.717, 1.165) is 19.3 Å². The highest BCUT2D eigenvalue weighted by atomic mass is 32.2. The lowest BCUT2D eigenvalue weighted by atomic mass is 9.50. The van der Waals surface area contributed by atoms with E-state index in [1.165, 1.54) is 19.3 Å². The number of ether oxygens (including phenoxy) is 2. The molecule has 5 aliphatic carbocycles. The van der Waals surface area contributed by atoms with E-state index in [-0.39, 0.29) is 11.8 Å². The number of alkyl halides is 2. The number of rotatable bonds is 7. The summed E-state index contributed by atoms with van der Waals surface area (Å²) in [6.07, 6.45) is 9.00. The molecule has 0 saturated heterocycles. The fourth-order valence-electron chi connectivity index (χ4n) is 6.83. The maximum absolute atomic E-state index is 13.3. The van der Waals surface area contributed by atoms with Crippen molar-refractivity contribution in [2.24, 2.45) is 35.0 Å². The van der Waals surface area contributed by atoms with Crippen LogP contribution in [0.3, 0.4) is 0 Å². The number of hydrogen-bond acceptors (Lipinski definition) is 7. The highest BCUT2D eigenvalue weighted by Crippen LogP contribution is 2.60. The number of carbonyl (C=O) groups excluding carboxylic acids is 2. The molecule has 10 heteroatoms. The molecule has 0 spiro atoms. The first-order valence-corrected chi connectivity index (χ1v) is 12.6. The van der Waals surface area contributed by atoms with Crippen LogP contribution in [0.25, 0.3) is 0 Å². The standard InChI is InChI=1S/C21H30F2O7S/c22-21(23,31(26,27)28)12-30-19(25)17-4-2-1-3-16(17)18(24)29-11-20-8-13-5-14(9-20)7-15(6-13)10-20/h13-17H,1-12H2,(H,26,27,28)/p-1. The lowest BCUT2D eigenvalue weighted by Gasteiger charge is -2.56. The summed E-state index contributed by atoms with van der Waals surface area (Å²) in [5.74, 6) is -1.24. The molecule has 0 N–H and O–H groups in total. The Balaban J connectivity index is 1.35. The Morgan fingerprint density at radius 2 is 1.35 bits per heavy atom. The van der Waals surface area contributed by atoms with Gasteiger partial charge < -0.3 is 14.0 Å². The van der Waals surface area contributed by atoms with Gasteiger partial charge in [-0.25, -0.2) is 8.42 Å². The molecule has 0 radical (unpaired) electrons. The van der Waals surface area contributed by atoms with Crippen molar-refractivity contribution in [3.63, 3.8) is 0 Å². The van der Waals surface area contributed by atoms with Crippen LogP contribution in [0.15, 0.2) is 0 Å². The van der Waals surface area contributed by atoms with Crippen LogP contribution in [0, 0.1) is 35.0 Å². The van der Waals surface area contributed by atoms with Crippen LogP contribution in [-0.4, -0.2) is 43.4 Å². The molecule has 5 saturated carbocycles. The molecule has 0 heterocycles. The second-order valence-corrected chi connectivity index (χ2v) is 11.7. The van der Waals surface area contributed by atoms with Crippen LogP contribution in [0.4, 0.5) is 8.78 Å². The minimum absolute atomic E-state index is 0.0274. The zero-order chi connectivity index (χ0) is 22.4. The van der Waals surface area contributed by atoms with E-state index >= 15 is 0 Å². The Kier molecular flexibility index (Phi) is 6.09. The molecule has 5 fully saturated rings. The summed E-state index contributed by atoms with van der Waals surface area (Å²) in [5.41, 5.74) is 0.0274. The number of halogens is 2. The Morgan fingerprint density at radius 1 is 0.903 bits per heavy atom.